The number of fused-ring (bicyclic) bond motifs is 1. The van der Waals surface area contributed by atoms with Crippen LogP contribution in [0.1, 0.15) is 31.7 Å². The number of methoxy groups -OCH3 is 1. The molecule has 2 fully saturated rings. The van der Waals surface area contributed by atoms with Crippen molar-refractivity contribution in [1.82, 2.24) is 9.24 Å². The molecule has 2 heterocycles. The number of anilines is 1. The Morgan fingerprint density at radius 3 is 2.39 bits per heavy atom. The average molecular weight is 394 g/mol. The fourth-order valence-corrected chi connectivity index (χ4v) is 4.02. The summed E-state index contributed by atoms with van der Waals surface area (Å²) in [7, 11) is 1.37. The Morgan fingerprint density at radius 1 is 1.21 bits per heavy atom. The van der Waals surface area contributed by atoms with E-state index in [1.807, 2.05) is 0 Å². The van der Waals surface area contributed by atoms with Crippen LogP contribution in [0, 0.1) is 11.7 Å². The number of hydrogen-bond donors (Lipinski definition) is 3. The quantitative estimate of drug-likeness (QED) is 0.488. The first-order valence-electron chi connectivity index (χ1n) is 9.29. The highest BCUT2D eigenvalue weighted by atomic mass is 19.1. The van der Waals surface area contributed by atoms with Crippen molar-refractivity contribution in [3.8, 4) is 5.75 Å². The van der Waals surface area contributed by atoms with Gasteiger partial charge in [-0.1, -0.05) is 0 Å². The molecule has 10 heteroatoms. The summed E-state index contributed by atoms with van der Waals surface area (Å²) >= 11 is 0. The fraction of sp³-hybridized carbons (Fsp3) is 0.556. The highest BCUT2D eigenvalue weighted by Crippen LogP contribution is 2.43. The largest absolute Gasteiger partial charge is 0.492 e. The third kappa shape index (κ3) is 2.83. The van der Waals surface area contributed by atoms with Crippen LogP contribution in [0.5, 0.6) is 5.75 Å². The number of hydrogen-bond acceptors (Lipinski definition) is 7. The van der Waals surface area contributed by atoms with Crippen LogP contribution in [-0.2, 0) is 0 Å². The molecular formula is C18H23FN4O5. The molecule has 28 heavy (non-hydrogen) atoms. The molecule has 2 aromatic rings. The van der Waals surface area contributed by atoms with E-state index in [-0.39, 0.29) is 34.3 Å². The fourth-order valence-electron chi connectivity index (χ4n) is 4.02. The number of benzene rings is 1. The Balaban J connectivity index is 1.93. The average Bonchev–Trinajstić information content (AvgIpc) is 3.51. The normalized spacial score (nSPS) is 18.2. The van der Waals surface area contributed by atoms with Crippen LogP contribution in [-0.4, -0.2) is 45.9 Å². The number of nitrogens with two attached hydrogens (primary N) is 1. The highest BCUT2D eigenvalue weighted by molar-refractivity contribution is 5.91. The molecule has 2 aliphatic rings. The second-order valence-corrected chi connectivity index (χ2v) is 7.43. The molecule has 1 aliphatic heterocycles. The van der Waals surface area contributed by atoms with Crippen molar-refractivity contribution in [3.63, 3.8) is 0 Å². The van der Waals surface area contributed by atoms with Gasteiger partial charge in [0.25, 0.3) is 5.56 Å². The number of ether oxygens (including phenoxy) is 1. The summed E-state index contributed by atoms with van der Waals surface area (Å²) < 4.78 is 22.5. The van der Waals surface area contributed by atoms with Crippen LogP contribution in [0.3, 0.4) is 0 Å². The molecule has 1 saturated heterocycles. The Hall–Kier alpha value is -2.59. The molecule has 0 unspecified atom stereocenters. The third-order valence-electron chi connectivity index (χ3n) is 5.68. The van der Waals surface area contributed by atoms with Gasteiger partial charge in [-0.15, -0.1) is 0 Å². The summed E-state index contributed by atoms with van der Waals surface area (Å²) in [6.45, 7) is 0.783. The summed E-state index contributed by atoms with van der Waals surface area (Å²) in [6.07, 6.45) is 1.07. The maximum atomic E-state index is 15.1. The molecule has 4 rings (SSSR count). The van der Waals surface area contributed by atoms with Gasteiger partial charge in [0.1, 0.15) is 11.2 Å². The number of nitrogen functional groups attached to an aromatic ring is 1. The Kier molecular flexibility index (Phi) is 4.54. The molecule has 0 atom stereocenters. The van der Waals surface area contributed by atoms with Gasteiger partial charge in [-0.2, -0.15) is 4.68 Å². The molecule has 0 bridgehead atoms. The molecule has 0 amide bonds. The van der Waals surface area contributed by atoms with Crippen LogP contribution in [0.4, 0.5) is 10.1 Å². The minimum absolute atomic E-state index is 0.00670. The lowest BCUT2D eigenvalue weighted by Gasteiger charge is -2.35. The van der Waals surface area contributed by atoms with E-state index in [4.69, 9.17) is 10.6 Å². The first kappa shape index (κ1) is 18.8. The van der Waals surface area contributed by atoms with E-state index < -0.39 is 23.4 Å². The number of aromatic nitrogens is 2. The molecule has 4 N–H and O–H groups in total. The Labute approximate surface area is 159 Å². The van der Waals surface area contributed by atoms with Crippen LogP contribution < -0.4 is 26.7 Å². The van der Waals surface area contributed by atoms with Gasteiger partial charge in [0, 0.05) is 25.0 Å². The summed E-state index contributed by atoms with van der Waals surface area (Å²) in [5.41, 5.74) is -1.01. The number of halogens is 1. The molecule has 9 nitrogen and oxygen atoms in total. The van der Waals surface area contributed by atoms with Crippen molar-refractivity contribution in [2.24, 2.45) is 5.92 Å². The minimum Gasteiger partial charge on any atom is -0.492 e. The van der Waals surface area contributed by atoms with Crippen molar-refractivity contribution in [2.45, 2.75) is 38.0 Å². The van der Waals surface area contributed by atoms with Crippen molar-refractivity contribution < 1.29 is 19.3 Å². The number of nitrogens with zero attached hydrogens (tertiary/aromatic N) is 3. The zero-order chi connectivity index (χ0) is 20.2. The van der Waals surface area contributed by atoms with E-state index in [9.17, 15) is 19.8 Å². The predicted octanol–water partition coefficient (Wildman–Crippen LogP) is -0.113. The molecule has 152 valence electrons. The van der Waals surface area contributed by atoms with Gasteiger partial charge in [-0.3, -0.25) is 9.36 Å². The first-order valence-corrected chi connectivity index (χ1v) is 9.29. The van der Waals surface area contributed by atoms with Gasteiger partial charge in [0.05, 0.1) is 12.5 Å². The third-order valence-corrected chi connectivity index (χ3v) is 5.68. The lowest BCUT2D eigenvalue weighted by Crippen LogP contribution is -2.45. The van der Waals surface area contributed by atoms with Crippen molar-refractivity contribution in [1.29, 1.82) is 0 Å². The maximum absolute atomic E-state index is 15.1. The second kappa shape index (κ2) is 6.78. The summed E-state index contributed by atoms with van der Waals surface area (Å²) in [5, 5.41) is 18.7. The van der Waals surface area contributed by atoms with Gasteiger partial charge >= 0.3 is 5.69 Å². The van der Waals surface area contributed by atoms with E-state index >= 15 is 4.39 Å². The first-order chi connectivity index (χ1) is 13.3. The molecule has 0 radical (unpaired) electrons. The van der Waals surface area contributed by atoms with Gasteiger partial charge in [-0.05, 0) is 31.7 Å². The van der Waals surface area contributed by atoms with Crippen LogP contribution in [0.25, 0.3) is 10.9 Å². The Morgan fingerprint density at radius 2 is 1.86 bits per heavy atom. The molecule has 0 spiro atoms. The van der Waals surface area contributed by atoms with E-state index in [1.54, 1.807) is 4.90 Å². The lowest BCUT2D eigenvalue weighted by atomic mass is 9.95. The predicted molar refractivity (Wildman–Crippen MR) is 101 cm³/mol. The topological polar surface area (TPSA) is 123 Å². The SMILES string of the molecule is COc1c(N2CCC(C(O)O)CC2)c(F)cc2c(=O)n(N)c(=O)n(C3CC3)c12. The zero-order valence-electron chi connectivity index (χ0n) is 15.5. The van der Waals surface area contributed by atoms with E-state index in [0.29, 0.717) is 30.6 Å². The van der Waals surface area contributed by atoms with Crippen LogP contribution in [0.2, 0.25) is 0 Å². The van der Waals surface area contributed by atoms with Crippen LogP contribution in [0.15, 0.2) is 15.7 Å². The molecule has 1 aromatic heterocycles. The molecule has 1 aromatic carbocycles. The van der Waals surface area contributed by atoms with Gasteiger partial charge in [0.15, 0.2) is 17.9 Å². The summed E-state index contributed by atoms with van der Waals surface area (Å²) in [6, 6.07) is 0.998. The van der Waals surface area contributed by atoms with Gasteiger partial charge in [0.2, 0.25) is 0 Å². The van der Waals surface area contributed by atoms with E-state index in [0.717, 1.165) is 18.9 Å². The Bertz CT molecular complexity index is 1040. The monoisotopic (exact) mass is 394 g/mol. The standard InChI is InChI=1S/C18H23FN4O5/c1-28-15-13-11(16(24)23(20)18(27)22(13)10-2-3-10)8-12(19)14(15)21-6-4-9(5-7-21)17(25)26/h8-10,17,25-26H,2-7,20H2,1H3. The van der Waals surface area contributed by atoms with E-state index in [2.05, 4.69) is 0 Å². The van der Waals surface area contributed by atoms with Crippen molar-refractivity contribution in [2.75, 3.05) is 30.9 Å². The number of rotatable bonds is 4. The molecule has 1 aliphatic carbocycles. The second-order valence-electron chi connectivity index (χ2n) is 7.43. The maximum Gasteiger partial charge on any atom is 0.350 e. The number of aliphatic hydroxyl groups is 2. The van der Waals surface area contributed by atoms with Crippen molar-refractivity contribution >= 4 is 16.6 Å². The highest BCUT2D eigenvalue weighted by Gasteiger charge is 2.33. The van der Waals surface area contributed by atoms with E-state index in [1.165, 1.54) is 11.7 Å². The van der Waals surface area contributed by atoms with Crippen molar-refractivity contribution in [3.05, 3.63) is 32.7 Å². The summed E-state index contributed by atoms with van der Waals surface area (Å²) in [5.74, 6) is 4.83. The zero-order valence-corrected chi connectivity index (χ0v) is 15.5. The summed E-state index contributed by atoms with van der Waals surface area (Å²) in [4.78, 5) is 26.9. The number of aliphatic hydroxyl groups excluding tert-OH is 1. The van der Waals surface area contributed by atoms with Gasteiger partial charge in [-0.25, -0.2) is 9.18 Å². The smallest absolute Gasteiger partial charge is 0.350 e. The number of piperidine rings is 1. The molecule has 1 saturated carbocycles. The minimum atomic E-state index is -1.41. The lowest BCUT2D eigenvalue weighted by molar-refractivity contribution is -0.0893. The van der Waals surface area contributed by atoms with Gasteiger partial charge < -0.3 is 25.7 Å². The van der Waals surface area contributed by atoms with Crippen LogP contribution >= 0.6 is 0 Å². The molecular weight excluding hydrogens is 371 g/mol.